The molecule has 0 bridgehead atoms. The fraction of sp³-hybridized carbons (Fsp3) is 0.400. The topological polar surface area (TPSA) is 48.1 Å². The highest BCUT2D eigenvalue weighted by Crippen LogP contribution is 2.27. The molecule has 2 aromatic carbocycles. The van der Waals surface area contributed by atoms with E-state index in [1.54, 1.807) is 0 Å². The summed E-state index contributed by atoms with van der Waals surface area (Å²) in [5.74, 6) is -11.3. The van der Waals surface area contributed by atoms with Crippen molar-refractivity contribution in [3.05, 3.63) is 60.8 Å². The third kappa shape index (κ3) is 10.7. The molecule has 2 aliphatic rings. The van der Waals surface area contributed by atoms with Crippen molar-refractivity contribution in [2.24, 2.45) is 0 Å². The van der Waals surface area contributed by atoms with Gasteiger partial charge in [0.05, 0.1) is 14.3 Å². The van der Waals surface area contributed by atoms with Crippen molar-refractivity contribution < 1.29 is 35.1 Å². The fourth-order valence-electron chi connectivity index (χ4n) is 2.36. The van der Waals surface area contributed by atoms with E-state index in [1.165, 1.54) is 90.4 Å². The maximum absolute atomic E-state index is 12.8. The van der Waals surface area contributed by atoms with Gasteiger partial charge in [0, 0.05) is 52.4 Å². The number of hydrogen-bond donors (Lipinski definition) is 4. The molecular weight excluding hydrogens is 956 g/mol. The quantitative estimate of drug-likeness (QED) is 0.126. The second-order valence-electron chi connectivity index (χ2n) is 6.77. The van der Waals surface area contributed by atoms with Gasteiger partial charge in [-0.1, -0.05) is 0 Å². The summed E-state index contributed by atoms with van der Waals surface area (Å²) in [4.78, 5) is 0. The third-order valence-corrected chi connectivity index (χ3v) is 8.02. The van der Waals surface area contributed by atoms with Crippen molar-refractivity contribution in [3.63, 3.8) is 0 Å². The van der Waals surface area contributed by atoms with E-state index in [0.717, 1.165) is 52.4 Å². The smallest absolute Gasteiger partial charge is 0.196 e. The normalized spacial score (nSPS) is 15.0. The molecule has 0 radical (unpaired) electrons. The Balaban J connectivity index is 0.000000252. The summed E-state index contributed by atoms with van der Waals surface area (Å²) in [6.07, 6.45) is 0. The lowest BCUT2D eigenvalue weighted by atomic mass is 10.3. The molecule has 2 fully saturated rings. The van der Waals surface area contributed by atoms with Crippen molar-refractivity contribution in [2.45, 2.75) is 0 Å². The minimum atomic E-state index is -1.63. The van der Waals surface area contributed by atoms with Crippen LogP contribution in [0.1, 0.15) is 0 Å². The molecule has 0 unspecified atom stereocenters. The molecule has 2 saturated heterocycles. The molecule has 36 heavy (non-hydrogen) atoms. The zero-order valence-corrected chi connectivity index (χ0v) is 26.8. The average Bonchev–Trinajstić information content (AvgIpc) is 2.93. The molecule has 0 saturated carbocycles. The Hall–Kier alpha value is 0.640. The molecular formula is C20H20F8I4N4. The van der Waals surface area contributed by atoms with Crippen LogP contribution in [-0.2, 0) is 0 Å². The van der Waals surface area contributed by atoms with E-state index in [2.05, 4.69) is 21.3 Å². The maximum atomic E-state index is 12.8. The summed E-state index contributed by atoms with van der Waals surface area (Å²) >= 11 is 5.10. The van der Waals surface area contributed by atoms with Crippen LogP contribution in [-0.4, -0.2) is 52.4 Å². The average molecular weight is 976 g/mol. The summed E-state index contributed by atoms with van der Waals surface area (Å²) in [6.45, 7) is 9.11. The van der Waals surface area contributed by atoms with Crippen molar-refractivity contribution >= 4 is 90.4 Å². The highest BCUT2D eigenvalue weighted by Gasteiger charge is 2.22. The van der Waals surface area contributed by atoms with Crippen LogP contribution >= 0.6 is 90.4 Å². The molecule has 4 nitrogen and oxygen atoms in total. The van der Waals surface area contributed by atoms with Gasteiger partial charge in [0.15, 0.2) is 46.5 Å². The van der Waals surface area contributed by atoms with Crippen LogP contribution in [0.2, 0.25) is 0 Å². The second-order valence-corrected chi connectivity index (χ2v) is 11.1. The van der Waals surface area contributed by atoms with Crippen LogP contribution in [0.15, 0.2) is 0 Å². The van der Waals surface area contributed by atoms with Crippen LogP contribution in [0, 0.1) is 60.8 Å². The first-order chi connectivity index (χ1) is 16.9. The molecule has 0 aromatic heterocycles. The molecule has 2 heterocycles. The summed E-state index contributed by atoms with van der Waals surface area (Å²) in [5.41, 5.74) is 0. The second kappa shape index (κ2) is 18.1. The van der Waals surface area contributed by atoms with E-state index in [9.17, 15) is 35.1 Å². The predicted molar refractivity (Wildman–Crippen MR) is 155 cm³/mol. The maximum Gasteiger partial charge on any atom is 0.196 e. The molecule has 0 atom stereocenters. The van der Waals surface area contributed by atoms with Crippen LogP contribution < -0.4 is 21.3 Å². The first kappa shape index (κ1) is 34.7. The molecule has 16 heteroatoms. The van der Waals surface area contributed by atoms with Gasteiger partial charge in [0.25, 0.3) is 0 Å². The molecule has 0 aliphatic carbocycles. The Labute approximate surface area is 257 Å². The lowest BCUT2D eigenvalue weighted by Gasteiger charge is -2.11. The van der Waals surface area contributed by atoms with Crippen LogP contribution in [0.3, 0.4) is 0 Å². The highest BCUT2D eigenvalue weighted by atomic mass is 127. The van der Waals surface area contributed by atoms with Gasteiger partial charge in [-0.3, -0.25) is 0 Å². The predicted octanol–water partition coefficient (Wildman–Crippen LogP) is 5.26. The Morgan fingerprint density at radius 1 is 0.306 bits per heavy atom. The summed E-state index contributed by atoms with van der Waals surface area (Å²) in [5, 5.41) is 12.9. The van der Waals surface area contributed by atoms with Crippen molar-refractivity contribution in [3.8, 4) is 0 Å². The fourth-order valence-corrected chi connectivity index (χ4v) is 5.42. The first-order valence-electron chi connectivity index (χ1n) is 10.1. The lowest BCUT2D eigenvalue weighted by molar-refractivity contribution is 0.423. The summed E-state index contributed by atoms with van der Waals surface area (Å²) < 4.78 is 98.7. The zero-order chi connectivity index (χ0) is 27.4. The number of hydrogen-bond acceptors (Lipinski definition) is 4. The standard InChI is InChI=1S/2C6F4I2.2C4H10N2/c2*7-1-2(8)5(11)4(10)6(12)3(1)9;2*1-2-6-4-3-5-1/h;;2*5-6H,1-4H2. The molecule has 4 N–H and O–H groups in total. The highest BCUT2D eigenvalue weighted by molar-refractivity contribution is 14.1. The lowest BCUT2D eigenvalue weighted by Crippen LogP contribution is -2.39. The number of benzene rings is 2. The largest absolute Gasteiger partial charge is 0.314 e. The van der Waals surface area contributed by atoms with E-state index in [-0.39, 0.29) is 0 Å². The van der Waals surface area contributed by atoms with Crippen LogP contribution in [0.25, 0.3) is 0 Å². The number of rotatable bonds is 0. The Morgan fingerprint density at radius 3 is 0.611 bits per heavy atom. The van der Waals surface area contributed by atoms with Gasteiger partial charge in [-0.2, -0.15) is 0 Å². The summed E-state index contributed by atoms with van der Waals surface area (Å²) in [7, 11) is 0. The molecule has 0 spiro atoms. The van der Waals surface area contributed by atoms with Gasteiger partial charge >= 0.3 is 0 Å². The van der Waals surface area contributed by atoms with Gasteiger partial charge in [0.2, 0.25) is 0 Å². The van der Waals surface area contributed by atoms with E-state index in [0.29, 0.717) is 0 Å². The SMILES string of the molecule is C1CNCCN1.C1CNCCN1.Fc1c(F)c(I)c(F)c(I)c1F.Fc1c(F)c(I)c(F)c(I)c1F. The minimum absolute atomic E-state index is 0.532. The van der Waals surface area contributed by atoms with Crippen molar-refractivity contribution in [1.29, 1.82) is 0 Å². The molecule has 4 rings (SSSR count). The third-order valence-electron chi connectivity index (χ3n) is 4.23. The molecule has 2 aromatic rings. The van der Waals surface area contributed by atoms with Gasteiger partial charge < -0.3 is 21.3 Å². The Bertz CT molecular complexity index is 696. The Morgan fingerprint density at radius 2 is 0.472 bits per heavy atom. The molecule has 2 aliphatic heterocycles. The molecule has 204 valence electrons. The first-order valence-corrected chi connectivity index (χ1v) is 14.4. The zero-order valence-electron chi connectivity index (χ0n) is 18.2. The number of halogens is 12. The molecule has 0 amide bonds. The minimum Gasteiger partial charge on any atom is -0.314 e. The Kier molecular flexibility index (Phi) is 17.4. The van der Waals surface area contributed by atoms with Gasteiger partial charge in [-0.05, 0) is 90.4 Å². The van der Waals surface area contributed by atoms with Crippen LogP contribution in [0.4, 0.5) is 35.1 Å². The van der Waals surface area contributed by atoms with Crippen molar-refractivity contribution in [2.75, 3.05) is 52.4 Å². The summed E-state index contributed by atoms with van der Waals surface area (Å²) in [6, 6.07) is 0. The van der Waals surface area contributed by atoms with E-state index in [4.69, 9.17) is 0 Å². The monoisotopic (exact) mass is 976 g/mol. The van der Waals surface area contributed by atoms with Crippen molar-refractivity contribution in [1.82, 2.24) is 21.3 Å². The number of piperazine rings is 2. The van der Waals surface area contributed by atoms with Crippen LogP contribution in [0.5, 0.6) is 0 Å². The van der Waals surface area contributed by atoms with E-state index >= 15 is 0 Å². The van der Waals surface area contributed by atoms with Gasteiger partial charge in [0.1, 0.15) is 0 Å². The van der Waals surface area contributed by atoms with Gasteiger partial charge in [-0.25, -0.2) is 35.1 Å². The number of nitrogens with one attached hydrogen (secondary N) is 4. The van der Waals surface area contributed by atoms with E-state index in [1.807, 2.05) is 0 Å². The van der Waals surface area contributed by atoms with Gasteiger partial charge in [-0.15, -0.1) is 0 Å². The van der Waals surface area contributed by atoms with E-state index < -0.39 is 60.8 Å².